The molecule has 0 heterocycles. The van der Waals surface area contributed by atoms with Crippen molar-refractivity contribution in [1.29, 1.82) is 5.26 Å². The van der Waals surface area contributed by atoms with Crippen LogP contribution in [0.15, 0.2) is 22.7 Å². The summed E-state index contributed by atoms with van der Waals surface area (Å²) in [5.41, 5.74) is 0.741. The second kappa shape index (κ2) is 6.87. The summed E-state index contributed by atoms with van der Waals surface area (Å²) in [6, 6.07) is 7.24. The van der Waals surface area contributed by atoms with Gasteiger partial charge in [0, 0.05) is 21.7 Å². The molecule has 0 bridgehead atoms. The average molecular weight is 305 g/mol. The number of benzene rings is 1. The van der Waals surface area contributed by atoms with Gasteiger partial charge in [-0.2, -0.15) is 5.26 Å². The van der Waals surface area contributed by atoms with Crippen molar-refractivity contribution in [2.24, 2.45) is 0 Å². The molecule has 86 valence electrons. The Morgan fingerprint density at radius 1 is 1.56 bits per heavy atom. The van der Waals surface area contributed by atoms with E-state index in [9.17, 15) is 0 Å². The molecule has 0 spiro atoms. The molecule has 0 fully saturated rings. The summed E-state index contributed by atoms with van der Waals surface area (Å²) in [6.07, 6.45) is -0.123. The highest BCUT2D eigenvalue weighted by atomic mass is 79.9. The van der Waals surface area contributed by atoms with E-state index in [0.717, 1.165) is 10.0 Å². The van der Waals surface area contributed by atoms with Crippen LogP contribution in [0.25, 0.3) is 0 Å². The van der Waals surface area contributed by atoms with Crippen LogP contribution in [0.2, 0.25) is 5.02 Å². The Morgan fingerprint density at radius 2 is 2.31 bits per heavy atom. The summed E-state index contributed by atoms with van der Waals surface area (Å²) in [4.78, 5) is 0. The molecular weight excluding hydrogens is 293 g/mol. The maximum Gasteiger partial charge on any atom is 0.170 e. The summed E-state index contributed by atoms with van der Waals surface area (Å²) < 4.78 is 6.09. The molecule has 16 heavy (non-hydrogen) atoms. The van der Waals surface area contributed by atoms with E-state index in [0.29, 0.717) is 18.1 Å². The van der Waals surface area contributed by atoms with E-state index in [1.165, 1.54) is 0 Å². The van der Waals surface area contributed by atoms with Crippen LogP contribution in [0, 0.1) is 11.3 Å². The van der Waals surface area contributed by atoms with Gasteiger partial charge in [-0.25, -0.2) is 0 Å². The third kappa shape index (κ3) is 3.76. The van der Waals surface area contributed by atoms with Crippen molar-refractivity contribution >= 4 is 27.5 Å². The molecule has 5 heteroatoms. The van der Waals surface area contributed by atoms with E-state index >= 15 is 0 Å². The lowest BCUT2D eigenvalue weighted by Crippen LogP contribution is -2.05. The van der Waals surface area contributed by atoms with Gasteiger partial charge in [0.05, 0.1) is 12.7 Å². The third-order valence-corrected chi connectivity index (χ3v) is 2.87. The highest BCUT2D eigenvalue weighted by Gasteiger charge is 2.14. The van der Waals surface area contributed by atoms with E-state index in [4.69, 9.17) is 26.7 Å². The van der Waals surface area contributed by atoms with Gasteiger partial charge in [-0.05, 0) is 18.6 Å². The van der Waals surface area contributed by atoms with E-state index in [1.807, 2.05) is 0 Å². The fraction of sp³-hybridized carbons (Fsp3) is 0.364. The molecule has 0 aliphatic carbocycles. The van der Waals surface area contributed by atoms with Crippen LogP contribution in [0.1, 0.15) is 18.1 Å². The highest BCUT2D eigenvalue weighted by Crippen LogP contribution is 2.28. The van der Waals surface area contributed by atoms with Crippen molar-refractivity contribution < 1.29 is 9.84 Å². The number of nitriles is 1. The fourth-order valence-corrected chi connectivity index (χ4v) is 2.07. The predicted octanol–water partition coefficient (Wildman–Crippen LogP) is 3.07. The van der Waals surface area contributed by atoms with Gasteiger partial charge in [0.1, 0.15) is 0 Å². The largest absolute Gasteiger partial charge is 0.396 e. The van der Waals surface area contributed by atoms with Gasteiger partial charge >= 0.3 is 0 Å². The molecule has 0 saturated carbocycles. The van der Waals surface area contributed by atoms with Crippen LogP contribution in [0.5, 0.6) is 0 Å². The molecular formula is C11H11BrClNO2. The minimum atomic E-state index is -0.641. The van der Waals surface area contributed by atoms with Crippen LogP contribution in [0.3, 0.4) is 0 Å². The van der Waals surface area contributed by atoms with Gasteiger partial charge in [-0.1, -0.05) is 33.6 Å². The number of aliphatic hydroxyl groups is 1. The third-order valence-electron chi connectivity index (χ3n) is 1.95. The summed E-state index contributed by atoms with van der Waals surface area (Å²) in [6.45, 7) is 0.406. The van der Waals surface area contributed by atoms with Crippen LogP contribution < -0.4 is 0 Å². The number of nitrogens with zero attached hydrogens (tertiary/aromatic N) is 1. The van der Waals surface area contributed by atoms with Gasteiger partial charge in [0.15, 0.2) is 6.10 Å². The Kier molecular flexibility index (Phi) is 5.78. The Morgan fingerprint density at radius 3 is 2.88 bits per heavy atom. The highest BCUT2D eigenvalue weighted by molar-refractivity contribution is 9.10. The van der Waals surface area contributed by atoms with Gasteiger partial charge in [0.25, 0.3) is 0 Å². The standard InChI is InChI=1S/C11H11BrClNO2/c12-10-6-8(13)2-3-9(10)11(7-14)16-5-1-4-15/h2-3,6,11,15H,1,4-5H2. The van der Waals surface area contributed by atoms with Crippen LogP contribution in [-0.4, -0.2) is 18.3 Å². The molecule has 0 aliphatic heterocycles. The van der Waals surface area contributed by atoms with Crippen molar-refractivity contribution in [1.82, 2.24) is 0 Å². The molecule has 0 aromatic heterocycles. The zero-order chi connectivity index (χ0) is 12.0. The molecule has 0 radical (unpaired) electrons. The van der Waals surface area contributed by atoms with E-state index in [2.05, 4.69) is 22.0 Å². The zero-order valence-electron chi connectivity index (χ0n) is 8.49. The monoisotopic (exact) mass is 303 g/mol. The first-order valence-electron chi connectivity index (χ1n) is 4.76. The van der Waals surface area contributed by atoms with Gasteiger partial charge in [0.2, 0.25) is 0 Å². The van der Waals surface area contributed by atoms with Gasteiger partial charge in [-0.15, -0.1) is 0 Å². The minimum Gasteiger partial charge on any atom is -0.396 e. The van der Waals surface area contributed by atoms with Gasteiger partial charge in [-0.3, -0.25) is 0 Å². The van der Waals surface area contributed by atoms with E-state index < -0.39 is 6.10 Å². The molecule has 1 N–H and O–H groups in total. The lowest BCUT2D eigenvalue weighted by Gasteiger charge is -2.12. The Balaban J connectivity index is 2.76. The van der Waals surface area contributed by atoms with Crippen molar-refractivity contribution in [3.8, 4) is 6.07 Å². The van der Waals surface area contributed by atoms with Crippen molar-refractivity contribution in [2.75, 3.05) is 13.2 Å². The first-order chi connectivity index (χ1) is 7.69. The Bertz CT molecular complexity index is 392. The van der Waals surface area contributed by atoms with Crippen LogP contribution >= 0.6 is 27.5 Å². The lowest BCUT2D eigenvalue weighted by atomic mass is 10.1. The quantitative estimate of drug-likeness (QED) is 0.851. The minimum absolute atomic E-state index is 0.0555. The summed E-state index contributed by atoms with van der Waals surface area (Å²) in [7, 11) is 0. The second-order valence-electron chi connectivity index (χ2n) is 3.12. The number of hydrogen-bond donors (Lipinski definition) is 1. The Hall–Kier alpha value is -0.600. The van der Waals surface area contributed by atoms with Crippen molar-refractivity contribution in [3.05, 3.63) is 33.3 Å². The predicted molar refractivity (Wildman–Crippen MR) is 65.2 cm³/mol. The lowest BCUT2D eigenvalue weighted by molar-refractivity contribution is 0.0770. The number of halogens is 2. The topological polar surface area (TPSA) is 53.2 Å². The maximum absolute atomic E-state index is 8.98. The SMILES string of the molecule is N#CC(OCCCO)c1ccc(Cl)cc1Br. The summed E-state index contributed by atoms with van der Waals surface area (Å²) in [5, 5.41) is 18.2. The maximum atomic E-state index is 8.98. The molecule has 3 nitrogen and oxygen atoms in total. The second-order valence-corrected chi connectivity index (χ2v) is 4.41. The average Bonchev–Trinajstić information content (AvgIpc) is 2.26. The van der Waals surface area contributed by atoms with E-state index in [-0.39, 0.29) is 6.61 Å². The normalized spacial score (nSPS) is 12.1. The molecule has 1 aromatic carbocycles. The number of hydrogen-bond acceptors (Lipinski definition) is 3. The summed E-state index contributed by atoms with van der Waals surface area (Å²) in [5.74, 6) is 0. The molecule has 1 atom stereocenters. The first-order valence-corrected chi connectivity index (χ1v) is 5.93. The van der Waals surface area contributed by atoms with E-state index in [1.54, 1.807) is 18.2 Å². The zero-order valence-corrected chi connectivity index (χ0v) is 10.8. The fourth-order valence-electron chi connectivity index (χ4n) is 1.18. The smallest absolute Gasteiger partial charge is 0.170 e. The van der Waals surface area contributed by atoms with Crippen LogP contribution in [-0.2, 0) is 4.74 Å². The molecule has 0 saturated heterocycles. The first kappa shape index (κ1) is 13.5. The molecule has 0 aliphatic rings. The van der Waals surface area contributed by atoms with Crippen LogP contribution in [0.4, 0.5) is 0 Å². The van der Waals surface area contributed by atoms with Crippen molar-refractivity contribution in [2.45, 2.75) is 12.5 Å². The molecule has 1 rings (SSSR count). The molecule has 1 unspecified atom stereocenters. The molecule has 0 amide bonds. The molecule has 1 aromatic rings. The number of aliphatic hydroxyl groups excluding tert-OH is 1. The Labute approximate surface area is 108 Å². The van der Waals surface area contributed by atoms with Crippen molar-refractivity contribution in [3.63, 3.8) is 0 Å². The number of ether oxygens (including phenoxy) is 1. The van der Waals surface area contributed by atoms with Gasteiger partial charge < -0.3 is 9.84 Å². The summed E-state index contributed by atoms with van der Waals surface area (Å²) >= 11 is 9.14. The number of rotatable bonds is 5.